The lowest BCUT2D eigenvalue weighted by molar-refractivity contribution is 0.0270. The summed E-state index contributed by atoms with van der Waals surface area (Å²) in [6.45, 7) is 6.18. The van der Waals surface area contributed by atoms with Gasteiger partial charge in [-0.15, -0.1) is 0 Å². The molecule has 1 saturated heterocycles. The number of rotatable bonds is 2. The molecule has 0 aromatic carbocycles. The minimum atomic E-state index is -0.604. The molecule has 1 aromatic rings. The lowest BCUT2D eigenvalue weighted by Crippen LogP contribution is -2.35. The molecule has 1 aliphatic rings. The summed E-state index contributed by atoms with van der Waals surface area (Å²) in [6.07, 6.45) is -0.997. The standard InChI is InChI=1S/C13H20N2O4S/c1-13(2,3)19-12(17)15-6-8(9(16)7-15)10-5-11(18-4)14-20-10/h5,8-9,16H,6-7H2,1-4H3/t8-,9-/m1/s1. The Morgan fingerprint density at radius 2 is 2.20 bits per heavy atom. The van der Waals surface area contributed by atoms with Gasteiger partial charge < -0.3 is 19.5 Å². The first kappa shape index (κ1) is 15.1. The Labute approximate surface area is 122 Å². The van der Waals surface area contributed by atoms with E-state index in [2.05, 4.69) is 4.37 Å². The maximum absolute atomic E-state index is 12.0. The quantitative estimate of drug-likeness (QED) is 0.902. The van der Waals surface area contributed by atoms with Crippen LogP contribution in [-0.2, 0) is 4.74 Å². The fourth-order valence-corrected chi connectivity index (χ4v) is 2.93. The second-order valence-electron chi connectivity index (χ2n) is 5.83. The maximum atomic E-state index is 12.0. The van der Waals surface area contributed by atoms with Crippen molar-refractivity contribution in [2.24, 2.45) is 0 Å². The number of methoxy groups -OCH3 is 1. The molecule has 7 heteroatoms. The van der Waals surface area contributed by atoms with Crippen LogP contribution in [0, 0.1) is 0 Å². The Bertz CT molecular complexity index is 483. The van der Waals surface area contributed by atoms with Gasteiger partial charge in [0.1, 0.15) is 5.60 Å². The van der Waals surface area contributed by atoms with Crippen LogP contribution in [-0.4, -0.2) is 52.4 Å². The molecule has 0 spiro atoms. The fraction of sp³-hybridized carbons (Fsp3) is 0.692. The van der Waals surface area contributed by atoms with Gasteiger partial charge in [0.15, 0.2) is 0 Å². The van der Waals surface area contributed by atoms with E-state index in [9.17, 15) is 9.90 Å². The zero-order valence-corrected chi connectivity index (χ0v) is 12.9. The molecule has 0 unspecified atom stereocenters. The average Bonchev–Trinajstić information content (AvgIpc) is 2.92. The van der Waals surface area contributed by atoms with Gasteiger partial charge in [-0.05, 0) is 32.3 Å². The molecular weight excluding hydrogens is 280 g/mol. The number of β-amino-alcohol motifs (C(OH)–C–C–N with tert-alkyl or cyclic N) is 1. The van der Waals surface area contributed by atoms with Crippen LogP contribution >= 0.6 is 11.5 Å². The topological polar surface area (TPSA) is 71.9 Å². The van der Waals surface area contributed by atoms with Crippen molar-refractivity contribution in [1.82, 2.24) is 9.27 Å². The van der Waals surface area contributed by atoms with Crippen molar-refractivity contribution in [3.8, 4) is 5.88 Å². The van der Waals surface area contributed by atoms with Gasteiger partial charge in [-0.3, -0.25) is 0 Å². The molecule has 1 aliphatic heterocycles. The Kier molecular flexibility index (Phi) is 4.19. The van der Waals surface area contributed by atoms with Crippen LogP contribution in [0.4, 0.5) is 4.79 Å². The monoisotopic (exact) mass is 300 g/mol. The number of aliphatic hydroxyl groups is 1. The van der Waals surface area contributed by atoms with Crippen molar-refractivity contribution >= 4 is 17.6 Å². The number of amides is 1. The summed E-state index contributed by atoms with van der Waals surface area (Å²) in [5.74, 6) is 0.400. The van der Waals surface area contributed by atoms with E-state index in [1.807, 2.05) is 20.8 Å². The normalized spacial score (nSPS) is 22.9. The SMILES string of the molecule is COc1cc([C@@H]2CN(C(=O)OC(C)(C)C)C[C@H]2O)sn1. The average molecular weight is 300 g/mol. The van der Waals surface area contributed by atoms with Crippen molar-refractivity contribution in [1.29, 1.82) is 0 Å². The summed E-state index contributed by atoms with van der Waals surface area (Å²) in [5, 5.41) is 10.1. The summed E-state index contributed by atoms with van der Waals surface area (Å²) >= 11 is 1.29. The second-order valence-corrected chi connectivity index (χ2v) is 6.67. The number of hydrogen-bond acceptors (Lipinski definition) is 6. The minimum Gasteiger partial charge on any atom is -0.480 e. The highest BCUT2D eigenvalue weighted by molar-refractivity contribution is 7.06. The molecule has 2 atom stereocenters. The van der Waals surface area contributed by atoms with Crippen LogP contribution in [0.25, 0.3) is 0 Å². The molecule has 1 aromatic heterocycles. The van der Waals surface area contributed by atoms with Crippen molar-refractivity contribution < 1.29 is 19.4 Å². The van der Waals surface area contributed by atoms with Crippen LogP contribution in [0.15, 0.2) is 6.07 Å². The van der Waals surface area contributed by atoms with Crippen LogP contribution in [0.1, 0.15) is 31.6 Å². The van der Waals surface area contributed by atoms with E-state index in [0.29, 0.717) is 12.4 Å². The minimum absolute atomic E-state index is 0.135. The predicted octanol–water partition coefficient (Wildman–Crippen LogP) is 1.85. The number of hydrogen-bond donors (Lipinski definition) is 1. The number of nitrogens with zero attached hydrogens (tertiary/aromatic N) is 2. The fourth-order valence-electron chi connectivity index (χ4n) is 2.08. The molecule has 2 heterocycles. The van der Waals surface area contributed by atoms with E-state index >= 15 is 0 Å². The van der Waals surface area contributed by atoms with Gasteiger partial charge >= 0.3 is 6.09 Å². The number of ether oxygens (including phenoxy) is 2. The predicted molar refractivity (Wildman–Crippen MR) is 75.2 cm³/mol. The summed E-state index contributed by atoms with van der Waals surface area (Å²) < 4.78 is 14.5. The van der Waals surface area contributed by atoms with E-state index in [0.717, 1.165) is 4.88 Å². The van der Waals surface area contributed by atoms with Gasteiger partial charge in [-0.1, -0.05) is 0 Å². The van der Waals surface area contributed by atoms with Crippen LogP contribution in [0.5, 0.6) is 5.88 Å². The molecular formula is C13H20N2O4S. The van der Waals surface area contributed by atoms with Gasteiger partial charge in [0.25, 0.3) is 0 Å². The largest absolute Gasteiger partial charge is 0.480 e. The van der Waals surface area contributed by atoms with Gasteiger partial charge in [-0.2, -0.15) is 4.37 Å². The summed E-state index contributed by atoms with van der Waals surface area (Å²) in [5.41, 5.74) is -0.534. The first-order chi connectivity index (χ1) is 9.30. The third-order valence-corrected chi connectivity index (χ3v) is 3.92. The molecule has 0 aliphatic carbocycles. The smallest absolute Gasteiger partial charge is 0.410 e. The van der Waals surface area contributed by atoms with Crippen LogP contribution < -0.4 is 4.74 Å². The van der Waals surface area contributed by atoms with E-state index in [-0.39, 0.29) is 12.5 Å². The second kappa shape index (κ2) is 5.57. The molecule has 0 radical (unpaired) electrons. The third-order valence-electron chi connectivity index (χ3n) is 3.02. The molecule has 1 amide bonds. The molecule has 20 heavy (non-hydrogen) atoms. The number of aliphatic hydroxyl groups excluding tert-OH is 1. The Hall–Kier alpha value is -1.34. The van der Waals surface area contributed by atoms with Gasteiger partial charge in [-0.25, -0.2) is 4.79 Å². The molecule has 6 nitrogen and oxygen atoms in total. The highest BCUT2D eigenvalue weighted by Crippen LogP contribution is 2.33. The number of likely N-dealkylation sites (tertiary alicyclic amines) is 1. The lowest BCUT2D eigenvalue weighted by atomic mass is 10.1. The van der Waals surface area contributed by atoms with Crippen molar-refractivity contribution in [2.75, 3.05) is 20.2 Å². The molecule has 0 bridgehead atoms. The van der Waals surface area contributed by atoms with E-state index in [1.54, 1.807) is 13.2 Å². The molecule has 1 fully saturated rings. The molecule has 2 rings (SSSR count). The first-order valence-corrected chi connectivity index (χ1v) is 7.24. The highest BCUT2D eigenvalue weighted by atomic mass is 32.1. The summed E-state index contributed by atoms with van der Waals surface area (Å²) in [4.78, 5) is 14.5. The van der Waals surface area contributed by atoms with Crippen LogP contribution in [0.2, 0.25) is 0 Å². The Balaban J connectivity index is 2.03. The van der Waals surface area contributed by atoms with E-state index < -0.39 is 17.8 Å². The Morgan fingerprint density at radius 3 is 2.75 bits per heavy atom. The molecule has 112 valence electrons. The van der Waals surface area contributed by atoms with Crippen LogP contribution in [0.3, 0.4) is 0 Å². The van der Waals surface area contributed by atoms with Gasteiger partial charge in [0.2, 0.25) is 5.88 Å². The first-order valence-electron chi connectivity index (χ1n) is 6.47. The number of carbonyl (C=O) groups excluding carboxylic acids is 1. The number of carbonyl (C=O) groups is 1. The van der Waals surface area contributed by atoms with E-state index in [1.165, 1.54) is 16.4 Å². The summed E-state index contributed by atoms with van der Waals surface area (Å²) in [6, 6.07) is 1.80. The van der Waals surface area contributed by atoms with Crippen molar-refractivity contribution in [3.63, 3.8) is 0 Å². The lowest BCUT2D eigenvalue weighted by Gasteiger charge is -2.24. The third kappa shape index (κ3) is 3.40. The number of aromatic nitrogens is 1. The maximum Gasteiger partial charge on any atom is 0.410 e. The zero-order chi connectivity index (χ0) is 14.9. The highest BCUT2D eigenvalue weighted by Gasteiger charge is 2.38. The summed E-state index contributed by atoms with van der Waals surface area (Å²) in [7, 11) is 1.55. The zero-order valence-electron chi connectivity index (χ0n) is 12.1. The molecule has 0 saturated carbocycles. The van der Waals surface area contributed by atoms with Crippen molar-refractivity contribution in [3.05, 3.63) is 10.9 Å². The van der Waals surface area contributed by atoms with Crippen molar-refractivity contribution in [2.45, 2.75) is 38.4 Å². The van der Waals surface area contributed by atoms with Gasteiger partial charge in [0, 0.05) is 23.4 Å². The molecule has 1 N–H and O–H groups in total. The Morgan fingerprint density at radius 1 is 1.50 bits per heavy atom. The van der Waals surface area contributed by atoms with Gasteiger partial charge in [0.05, 0.1) is 19.8 Å². The van der Waals surface area contributed by atoms with E-state index in [4.69, 9.17) is 9.47 Å².